The van der Waals surface area contributed by atoms with E-state index in [9.17, 15) is 0 Å². The Bertz CT molecular complexity index is 990. The molecular formula is C28H30OSi3. The van der Waals surface area contributed by atoms with Gasteiger partial charge in [0.1, 0.15) is 7.59 Å². The van der Waals surface area contributed by atoms with Crippen molar-refractivity contribution in [2.45, 2.75) is 19.1 Å². The van der Waals surface area contributed by atoms with Gasteiger partial charge < -0.3 is 4.43 Å². The lowest BCUT2D eigenvalue weighted by atomic mass is 10.4. The zero-order valence-corrected chi connectivity index (χ0v) is 21.9. The van der Waals surface area contributed by atoms with Crippen molar-refractivity contribution in [2.24, 2.45) is 0 Å². The Balaban J connectivity index is 1.87. The van der Waals surface area contributed by atoms with E-state index in [2.05, 4.69) is 134 Å². The van der Waals surface area contributed by atoms with Gasteiger partial charge in [-0.1, -0.05) is 145 Å². The molecule has 4 heteroatoms. The van der Waals surface area contributed by atoms with Crippen molar-refractivity contribution in [2.75, 3.05) is 6.61 Å². The normalized spacial score (nSPS) is 18.7. The molecule has 0 aliphatic carbocycles. The first-order valence-corrected chi connectivity index (χ1v) is 20.6. The zero-order chi connectivity index (χ0) is 22.1. The Hall–Kier alpha value is -2.51. The van der Waals surface area contributed by atoms with Crippen LogP contribution in [0.1, 0.15) is 0 Å². The topological polar surface area (TPSA) is 9.23 Å². The molecule has 0 saturated carbocycles. The maximum absolute atomic E-state index is 7.19. The molecule has 1 nitrogen and oxygen atoms in total. The van der Waals surface area contributed by atoms with Crippen LogP contribution in [-0.2, 0) is 4.43 Å². The van der Waals surface area contributed by atoms with E-state index in [1.54, 1.807) is 10.4 Å². The Morgan fingerprint density at radius 1 is 0.500 bits per heavy atom. The summed E-state index contributed by atoms with van der Waals surface area (Å²) in [5.74, 6) is 0. The van der Waals surface area contributed by atoms with Gasteiger partial charge in [-0.05, 0) is 16.4 Å². The van der Waals surface area contributed by atoms with E-state index < -0.39 is 22.5 Å². The van der Waals surface area contributed by atoms with E-state index in [0.29, 0.717) is 0 Å². The Morgan fingerprint density at radius 2 is 0.844 bits per heavy atom. The van der Waals surface area contributed by atoms with Crippen LogP contribution in [0.15, 0.2) is 121 Å². The highest BCUT2D eigenvalue weighted by Crippen LogP contribution is 2.36. The van der Waals surface area contributed by atoms with Crippen LogP contribution in [0, 0.1) is 0 Å². The third-order valence-electron chi connectivity index (χ3n) is 7.64. The summed E-state index contributed by atoms with van der Waals surface area (Å²) >= 11 is 0. The highest BCUT2D eigenvalue weighted by Gasteiger charge is 2.68. The molecule has 5 rings (SSSR count). The van der Waals surface area contributed by atoms with Crippen molar-refractivity contribution in [3.63, 3.8) is 0 Å². The number of hydrogen-bond donors (Lipinski definition) is 0. The average molecular weight is 467 g/mol. The standard InChI is InChI=1S/C28H30OSi3/c1-30(2)31(25-15-7-3-8-16-25,26-17-9-4-10-18-26)24-23-29-32(30,27-19-11-5-12-20-27)28-21-13-6-14-22-28/h3-22H,23-24H2,1-2H3. The molecule has 0 amide bonds. The van der Waals surface area contributed by atoms with Gasteiger partial charge in [0.2, 0.25) is 7.83 Å². The molecule has 0 unspecified atom stereocenters. The quantitative estimate of drug-likeness (QED) is 0.415. The van der Waals surface area contributed by atoms with E-state index in [-0.39, 0.29) is 0 Å². The maximum Gasteiger partial charge on any atom is 0.238 e. The van der Waals surface area contributed by atoms with Crippen LogP contribution >= 0.6 is 0 Å². The first-order valence-electron chi connectivity index (χ1n) is 11.5. The molecule has 160 valence electrons. The molecule has 32 heavy (non-hydrogen) atoms. The SMILES string of the molecule is C[Si]1(C)[Si](c2ccccc2)(c2ccccc2)CCO[Si]1(c1ccccc1)c1ccccc1. The minimum atomic E-state index is -2.46. The van der Waals surface area contributed by atoms with E-state index in [4.69, 9.17) is 4.43 Å². The first-order chi connectivity index (χ1) is 15.6. The first kappa shape index (κ1) is 21.3. The molecule has 4 aromatic rings. The molecule has 1 saturated heterocycles. The summed E-state index contributed by atoms with van der Waals surface area (Å²) in [6, 6.07) is 46.5. The van der Waals surface area contributed by atoms with Gasteiger partial charge in [-0.25, -0.2) is 0 Å². The van der Waals surface area contributed by atoms with Crippen LogP contribution in [0.2, 0.25) is 19.1 Å². The molecule has 0 atom stereocenters. The van der Waals surface area contributed by atoms with E-state index >= 15 is 0 Å². The Kier molecular flexibility index (Phi) is 5.63. The van der Waals surface area contributed by atoms with Gasteiger partial charge in [-0.2, -0.15) is 0 Å². The van der Waals surface area contributed by atoms with Crippen molar-refractivity contribution >= 4 is 43.3 Å². The van der Waals surface area contributed by atoms with Gasteiger partial charge in [0.25, 0.3) is 0 Å². The van der Waals surface area contributed by atoms with Crippen LogP contribution in [-0.4, -0.2) is 29.1 Å². The van der Waals surface area contributed by atoms with Gasteiger partial charge in [-0.15, -0.1) is 0 Å². The lowest BCUT2D eigenvalue weighted by Gasteiger charge is -2.57. The van der Waals surface area contributed by atoms with Gasteiger partial charge in [0.05, 0.1) is 7.11 Å². The summed E-state index contributed by atoms with van der Waals surface area (Å²) in [4.78, 5) is 0. The third kappa shape index (κ3) is 3.05. The fourth-order valence-corrected chi connectivity index (χ4v) is 44.5. The summed E-state index contributed by atoms with van der Waals surface area (Å²) in [6.07, 6.45) is 0. The molecule has 0 spiro atoms. The summed E-state index contributed by atoms with van der Waals surface area (Å²) in [5.41, 5.74) is 0. The highest BCUT2D eigenvalue weighted by atomic mass is 29.6. The minimum Gasteiger partial charge on any atom is -0.411 e. The summed E-state index contributed by atoms with van der Waals surface area (Å²) in [7, 11) is -6.61. The predicted octanol–water partition coefficient (Wildman–Crippen LogP) is 3.90. The van der Waals surface area contributed by atoms with Crippen LogP contribution in [0.3, 0.4) is 0 Å². The fourth-order valence-electron chi connectivity index (χ4n) is 6.17. The molecule has 0 N–H and O–H groups in total. The summed E-state index contributed by atoms with van der Waals surface area (Å²) < 4.78 is 7.19. The largest absolute Gasteiger partial charge is 0.411 e. The summed E-state index contributed by atoms with van der Waals surface area (Å²) in [5, 5.41) is 6.03. The molecule has 1 heterocycles. The molecule has 0 bridgehead atoms. The highest BCUT2D eigenvalue weighted by molar-refractivity contribution is 7.77. The van der Waals surface area contributed by atoms with Crippen molar-refractivity contribution in [3.05, 3.63) is 121 Å². The second kappa shape index (κ2) is 8.45. The molecular weight excluding hydrogens is 437 g/mol. The lowest BCUT2D eigenvalue weighted by molar-refractivity contribution is 0.345. The monoisotopic (exact) mass is 466 g/mol. The van der Waals surface area contributed by atoms with Gasteiger partial charge in [-0.3, -0.25) is 0 Å². The minimum absolute atomic E-state index is 0.836. The van der Waals surface area contributed by atoms with E-state index in [1.807, 2.05) is 0 Å². The number of hydrogen-bond acceptors (Lipinski definition) is 1. The molecule has 1 aliphatic rings. The van der Waals surface area contributed by atoms with Crippen molar-refractivity contribution in [1.82, 2.24) is 0 Å². The zero-order valence-electron chi connectivity index (χ0n) is 18.9. The van der Waals surface area contributed by atoms with Gasteiger partial charge in [0, 0.05) is 6.61 Å². The lowest BCUT2D eigenvalue weighted by Crippen LogP contribution is -2.92. The third-order valence-corrected chi connectivity index (χ3v) is 41.4. The smallest absolute Gasteiger partial charge is 0.238 e. The van der Waals surface area contributed by atoms with Crippen LogP contribution in [0.4, 0.5) is 0 Å². The molecule has 1 aliphatic heterocycles. The van der Waals surface area contributed by atoms with Gasteiger partial charge in [0.15, 0.2) is 0 Å². The predicted molar refractivity (Wildman–Crippen MR) is 144 cm³/mol. The fraction of sp³-hybridized carbons (Fsp3) is 0.143. The van der Waals surface area contributed by atoms with Crippen molar-refractivity contribution < 1.29 is 4.43 Å². The second-order valence-corrected chi connectivity index (χ2v) is 32.5. The summed E-state index contributed by atoms with van der Waals surface area (Å²) in [6.45, 7) is 6.15. The van der Waals surface area contributed by atoms with Crippen LogP contribution in [0.25, 0.3) is 0 Å². The van der Waals surface area contributed by atoms with Crippen molar-refractivity contribution in [1.29, 1.82) is 0 Å². The molecule has 1 fully saturated rings. The Labute approximate surface area is 194 Å². The van der Waals surface area contributed by atoms with Gasteiger partial charge >= 0.3 is 0 Å². The average Bonchev–Trinajstić information content (AvgIpc) is 2.86. The molecule has 0 radical (unpaired) electrons. The number of rotatable bonds is 4. The van der Waals surface area contributed by atoms with E-state index in [0.717, 1.165) is 12.7 Å². The Morgan fingerprint density at radius 3 is 1.22 bits per heavy atom. The second-order valence-electron chi connectivity index (χ2n) is 9.27. The maximum atomic E-state index is 7.19. The van der Waals surface area contributed by atoms with Crippen LogP contribution in [0.5, 0.6) is 0 Å². The van der Waals surface area contributed by atoms with E-state index in [1.165, 1.54) is 10.4 Å². The molecule has 4 aromatic carbocycles. The molecule has 0 aromatic heterocycles. The van der Waals surface area contributed by atoms with Crippen LogP contribution < -0.4 is 20.7 Å². The van der Waals surface area contributed by atoms with Crippen molar-refractivity contribution in [3.8, 4) is 0 Å². The number of benzene rings is 4.